The highest BCUT2D eigenvalue weighted by Crippen LogP contribution is 2.31. The molecule has 1 aliphatic rings. The fourth-order valence-corrected chi connectivity index (χ4v) is 2.82. The van der Waals surface area contributed by atoms with Crippen LogP contribution in [0.1, 0.15) is 15.9 Å². The highest BCUT2D eigenvalue weighted by Gasteiger charge is 2.19. The molecule has 4 rings (SSSR count). The quantitative estimate of drug-likeness (QED) is 0.667. The molecule has 3 N–H and O–H groups in total. The van der Waals surface area contributed by atoms with Crippen LogP contribution >= 0.6 is 0 Å². The lowest BCUT2D eigenvalue weighted by atomic mass is 9.93. The van der Waals surface area contributed by atoms with Crippen molar-refractivity contribution in [3.8, 4) is 11.1 Å². The molecule has 0 saturated carbocycles. The van der Waals surface area contributed by atoms with E-state index < -0.39 is 0 Å². The van der Waals surface area contributed by atoms with Crippen LogP contribution in [0.3, 0.4) is 0 Å². The standard InChI is InChI=1S/C16H14N4O/c17-15-9-14-10(1-4-18-16(14)21)8-13(15)11-3-6-20-12(7-11)2-5-19-20/h2-3,5-9H,1,4,17H2,(H,18,21). The van der Waals surface area contributed by atoms with E-state index in [1.54, 1.807) is 12.3 Å². The van der Waals surface area contributed by atoms with Gasteiger partial charge in [0, 0.05) is 35.8 Å². The first kappa shape index (κ1) is 12.0. The fraction of sp³-hybridized carbons (Fsp3) is 0.125. The maximum absolute atomic E-state index is 11.8. The molecule has 0 aliphatic carbocycles. The minimum Gasteiger partial charge on any atom is -0.398 e. The van der Waals surface area contributed by atoms with E-state index in [2.05, 4.69) is 10.4 Å². The smallest absolute Gasteiger partial charge is 0.251 e. The van der Waals surface area contributed by atoms with Crippen molar-refractivity contribution >= 4 is 17.1 Å². The van der Waals surface area contributed by atoms with Crippen LogP contribution in [0.2, 0.25) is 0 Å². The predicted octanol–water partition coefficient (Wildman–Crippen LogP) is 1.87. The van der Waals surface area contributed by atoms with Crippen LogP contribution in [0.25, 0.3) is 16.6 Å². The molecule has 21 heavy (non-hydrogen) atoms. The number of hydrogen-bond donors (Lipinski definition) is 2. The van der Waals surface area contributed by atoms with Crippen molar-refractivity contribution in [2.24, 2.45) is 0 Å². The highest BCUT2D eigenvalue weighted by molar-refractivity contribution is 5.99. The number of anilines is 1. The van der Waals surface area contributed by atoms with Crippen molar-refractivity contribution in [2.45, 2.75) is 6.42 Å². The van der Waals surface area contributed by atoms with Gasteiger partial charge in [-0.05, 0) is 47.9 Å². The lowest BCUT2D eigenvalue weighted by Gasteiger charge is -2.19. The Bertz CT molecular complexity index is 866. The van der Waals surface area contributed by atoms with Gasteiger partial charge in [0.05, 0.1) is 5.52 Å². The number of carbonyl (C=O) groups excluding carboxylic acids is 1. The van der Waals surface area contributed by atoms with Gasteiger partial charge in [-0.25, -0.2) is 4.52 Å². The van der Waals surface area contributed by atoms with Gasteiger partial charge in [-0.3, -0.25) is 4.79 Å². The van der Waals surface area contributed by atoms with Crippen LogP contribution < -0.4 is 11.1 Å². The van der Waals surface area contributed by atoms with Gasteiger partial charge >= 0.3 is 0 Å². The summed E-state index contributed by atoms with van der Waals surface area (Å²) >= 11 is 0. The second-order valence-electron chi connectivity index (χ2n) is 5.22. The minimum atomic E-state index is -0.0410. The molecular weight excluding hydrogens is 264 g/mol. The molecule has 0 radical (unpaired) electrons. The molecular formula is C16H14N4O. The maximum Gasteiger partial charge on any atom is 0.251 e. The minimum absolute atomic E-state index is 0.0410. The number of fused-ring (bicyclic) bond motifs is 2. The van der Waals surface area contributed by atoms with E-state index in [4.69, 9.17) is 5.73 Å². The van der Waals surface area contributed by atoms with Crippen molar-refractivity contribution in [3.05, 3.63) is 53.9 Å². The van der Waals surface area contributed by atoms with Gasteiger partial charge in [0.2, 0.25) is 0 Å². The summed E-state index contributed by atoms with van der Waals surface area (Å²) in [5, 5.41) is 7.03. The number of benzene rings is 1. The first-order valence-corrected chi connectivity index (χ1v) is 6.87. The Hall–Kier alpha value is -2.82. The summed E-state index contributed by atoms with van der Waals surface area (Å²) in [7, 11) is 0. The predicted molar refractivity (Wildman–Crippen MR) is 81.1 cm³/mol. The Labute approximate surface area is 121 Å². The number of nitrogens with two attached hydrogens (primary N) is 1. The van der Waals surface area contributed by atoms with Gasteiger partial charge in [0.25, 0.3) is 5.91 Å². The molecule has 5 heteroatoms. The third-order valence-corrected chi connectivity index (χ3v) is 3.91. The molecule has 3 heterocycles. The molecule has 1 aromatic carbocycles. The summed E-state index contributed by atoms with van der Waals surface area (Å²) in [4.78, 5) is 11.8. The summed E-state index contributed by atoms with van der Waals surface area (Å²) in [6, 6.07) is 9.80. The number of carbonyl (C=O) groups is 1. The summed E-state index contributed by atoms with van der Waals surface area (Å²) in [6.45, 7) is 0.677. The Morgan fingerprint density at radius 1 is 1.19 bits per heavy atom. The van der Waals surface area contributed by atoms with Crippen molar-refractivity contribution in [3.63, 3.8) is 0 Å². The maximum atomic E-state index is 11.8. The van der Waals surface area contributed by atoms with Gasteiger partial charge < -0.3 is 11.1 Å². The Morgan fingerprint density at radius 2 is 2.10 bits per heavy atom. The monoisotopic (exact) mass is 278 g/mol. The molecule has 3 aromatic rings. The van der Waals surface area contributed by atoms with Crippen LogP contribution in [0.5, 0.6) is 0 Å². The van der Waals surface area contributed by atoms with Crippen molar-refractivity contribution in [1.82, 2.24) is 14.9 Å². The molecule has 0 unspecified atom stereocenters. The normalized spacial score (nSPS) is 14.0. The van der Waals surface area contributed by atoms with E-state index in [0.29, 0.717) is 17.8 Å². The zero-order chi connectivity index (χ0) is 14.4. The highest BCUT2D eigenvalue weighted by atomic mass is 16.1. The number of aromatic nitrogens is 2. The fourth-order valence-electron chi connectivity index (χ4n) is 2.82. The average molecular weight is 278 g/mol. The summed E-state index contributed by atoms with van der Waals surface area (Å²) in [5.74, 6) is -0.0410. The molecule has 104 valence electrons. The zero-order valence-electron chi connectivity index (χ0n) is 11.3. The molecule has 0 bridgehead atoms. The van der Waals surface area contributed by atoms with Crippen molar-refractivity contribution < 1.29 is 4.79 Å². The van der Waals surface area contributed by atoms with Crippen LogP contribution in [0.4, 0.5) is 5.69 Å². The summed E-state index contributed by atoms with van der Waals surface area (Å²) in [6.07, 6.45) is 4.51. The summed E-state index contributed by atoms with van der Waals surface area (Å²) < 4.78 is 1.81. The van der Waals surface area contributed by atoms with Crippen LogP contribution in [-0.4, -0.2) is 22.1 Å². The molecule has 0 fully saturated rings. The van der Waals surface area contributed by atoms with Crippen molar-refractivity contribution in [1.29, 1.82) is 0 Å². The number of hydrogen-bond acceptors (Lipinski definition) is 3. The van der Waals surface area contributed by atoms with E-state index >= 15 is 0 Å². The lowest BCUT2D eigenvalue weighted by Crippen LogP contribution is -2.31. The number of nitrogens with one attached hydrogen (secondary N) is 1. The second kappa shape index (κ2) is 4.34. The van der Waals surface area contributed by atoms with Gasteiger partial charge in [-0.2, -0.15) is 5.10 Å². The third kappa shape index (κ3) is 1.86. The largest absolute Gasteiger partial charge is 0.398 e. The summed E-state index contributed by atoms with van der Waals surface area (Å²) in [5.41, 5.74) is 11.5. The number of rotatable bonds is 1. The van der Waals surface area contributed by atoms with Gasteiger partial charge in [-0.15, -0.1) is 0 Å². The molecule has 1 aliphatic heterocycles. The Kier molecular flexibility index (Phi) is 2.47. The van der Waals surface area contributed by atoms with Gasteiger partial charge in [-0.1, -0.05) is 0 Å². The van der Waals surface area contributed by atoms with Crippen LogP contribution in [-0.2, 0) is 6.42 Å². The Morgan fingerprint density at radius 3 is 3.00 bits per heavy atom. The molecule has 5 nitrogen and oxygen atoms in total. The second-order valence-corrected chi connectivity index (χ2v) is 5.22. The molecule has 0 saturated heterocycles. The van der Waals surface area contributed by atoms with E-state index in [-0.39, 0.29) is 5.91 Å². The van der Waals surface area contributed by atoms with E-state index in [9.17, 15) is 4.79 Å². The molecule has 1 amide bonds. The number of nitrogen functional groups attached to an aromatic ring is 1. The molecule has 0 atom stereocenters. The number of amides is 1. The number of nitrogens with zero attached hydrogens (tertiary/aromatic N) is 2. The number of pyridine rings is 1. The first-order valence-electron chi connectivity index (χ1n) is 6.87. The molecule has 0 spiro atoms. The third-order valence-electron chi connectivity index (χ3n) is 3.91. The molecule has 2 aromatic heterocycles. The topological polar surface area (TPSA) is 72.4 Å². The van der Waals surface area contributed by atoms with Crippen molar-refractivity contribution in [2.75, 3.05) is 12.3 Å². The van der Waals surface area contributed by atoms with E-state index in [1.807, 2.05) is 35.0 Å². The van der Waals surface area contributed by atoms with Gasteiger partial charge in [0.15, 0.2) is 0 Å². The first-order chi connectivity index (χ1) is 10.2. The van der Waals surface area contributed by atoms with Gasteiger partial charge in [0.1, 0.15) is 0 Å². The van der Waals surface area contributed by atoms with Crippen LogP contribution in [0, 0.1) is 0 Å². The lowest BCUT2D eigenvalue weighted by molar-refractivity contribution is 0.0946. The average Bonchev–Trinajstić information content (AvgIpc) is 2.95. The zero-order valence-corrected chi connectivity index (χ0v) is 11.3. The Balaban J connectivity index is 1.89. The van der Waals surface area contributed by atoms with E-state index in [1.165, 1.54) is 0 Å². The van der Waals surface area contributed by atoms with Crippen LogP contribution in [0.15, 0.2) is 42.7 Å². The SMILES string of the molecule is Nc1cc2c(cc1-c1ccn3nccc3c1)CCNC2=O. The van der Waals surface area contributed by atoms with E-state index in [0.717, 1.165) is 28.6 Å².